The van der Waals surface area contributed by atoms with Gasteiger partial charge in [0.1, 0.15) is 12.7 Å². The third-order valence-electron chi connectivity index (χ3n) is 2.89. The Morgan fingerprint density at radius 2 is 2.11 bits per heavy atom. The Labute approximate surface area is 113 Å². The number of hydrogen-bond donors (Lipinski definition) is 0. The summed E-state index contributed by atoms with van der Waals surface area (Å²) in [6.07, 6.45) is 0.762. The van der Waals surface area contributed by atoms with Crippen LogP contribution in [0.1, 0.15) is 6.92 Å². The molecule has 5 nitrogen and oxygen atoms in total. The van der Waals surface area contributed by atoms with Crippen molar-refractivity contribution in [2.75, 3.05) is 32.9 Å². The molecule has 1 heterocycles. The zero-order valence-electron chi connectivity index (χ0n) is 11.1. The zero-order chi connectivity index (χ0) is 13.5. The number of carbonyl (C=O) groups excluding carboxylic acids is 1. The van der Waals surface area contributed by atoms with Crippen LogP contribution in [-0.2, 0) is 9.53 Å². The van der Waals surface area contributed by atoms with Crippen molar-refractivity contribution in [1.29, 1.82) is 0 Å². The molecule has 0 spiro atoms. The number of ether oxygens (including phenoxy) is 3. The smallest absolute Gasteiger partial charge is 0.209 e. The van der Waals surface area contributed by atoms with Crippen LogP contribution in [-0.4, -0.2) is 50.3 Å². The first-order valence-corrected chi connectivity index (χ1v) is 6.49. The van der Waals surface area contributed by atoms with Crippen LogP contribution in [0.15, 0.2) is 24.3 Å². The predicted octanol–water partition coefficient (Wildman–Crippen LogP) is 1.32. The van der Waals surface area contributed by atoms with Crippen molar-refractivity contribution in [3.8, 4) is 11.5 Å². The molecule has 1 amide bonds. The largest absolute Gasteiger partial charge is 0.490 e. The molecule has 1 aromatic carbocycles. The summed E-state index contributed by atoms with van der Waals surface area (Å²) in [4.78, 5) is 12.4. The van der Waals surface area contributed by atoms with Gasteiger partial charge in [0.2, 0.25) is 6.41 Å². The lowest BCUT2D eigenvalue weighted by Gasteiger charge is -2.30. The topological polar surface area (TPSA) is 48.0 Å². The number of morpholine rings is 1. The molecule has 1 aromatic rings. The van der Waals surface area contributed by atoms with Crippen LogP contribution >= 0.6 is 0 Å². The minimum Gasteiger partial charge on any atom is -0.490 e. The van der Waals surface area contributed by atoms with E-state index in [0.717, 1.165) is 12.2 Å². The molecule has 2 rings (SSSR count). The molecule has 0 bridgehead atoms. The van der Waals surface area contributed by atoms with E-state index < -0.39 is 0 Å². The lowest BCUT2D eigenvalue weighted by atomic mass is 10.3. The van der Waals surface area contributed by atoms with Crippen molar-refractivity contribution in [1.82, 2.24) is 4.90 Å². The summed E-state index contributed by atoms with van der Waals surface area (Å²) in [6, 6.07) is 7.55. The maximum absolute atomic E-state index is 10.7. The second-order valence-electron chi connectivity index (χ2n) is 4.28. The molecule has 1 unspecified atom stereocenters. The van der Waals surface area contributed by atoms with Gasteiger partial charge in [0, 0.05) is 6.54 Å². The second kappa shape index (κ2) is 6.99. The molecular formula is C14H19NO4. The lowest BCUT2D eigenvalue weighted by molar-refractivity contribution is -0.126. The quantitative estimate of drug-likeness (QED) is 0.728. The van der Waals surface area contributed by atoms with E-state index in [4.69, 9.17) is 14.2 Å². The van der Waals surface area contributed by atoms with Crippen molar-refractivity contribution < 1.29 is 19.0 Å². The molecule has 1 aliphatic heterocycles. The lowest BCUT2D eigenvalue weighted by Crippen LogP contribution is -2.44. The van der Waals surface area contributed by atoms with Gasteiger partial charge in [-0.1, -0.05) is 12.1 Å². The van der Waals surface area contributed by atoms with E-state index in [0.29, 0.717) is 38.7 Å². The summed E-state index contributed by atoms with van der Waals surface area (Å²) < 4.78 is 16.8. The van der Waals surface area contributed by atoms with E-state index in [1.165, 1.54) is 0 Å². The normalized spacial score (nSPS) is 19.0. The highest BCUT2D eigenvalue weighted by Crippen LogP contribution is 2.26. The molecule has 104 valence electrons. The minimum atomic E-state index is -0.0892. The maximum Gasteiger partial charge on any atom is 0.209 e. The summed E-state index contributed by atoms with van der Waals surface area (Å²) in [5.74, 6) is 1.43. The molecule has 0 aliphatic carbocycles. The highest BCUT2D eigenvalue weighted by Gasteiger charge is 2.20. The van der Waals surface area contributed by atoms with Crippen LogP contribution in [0.2, 0.25) is 0 Å². The Balaban J connectivity index is 1.89. The first kappa shape index (κ1) is 13.7. The highest BCUT2D eigenvalue weighted by atomic mass is 16.5. The van der Waals surface area contributed by atoms with E-state index in [1.807, 2.05) is 31.2 Å². The van der Waals surface area contributed by atoms with Gasteiger partial charge >= 0.3 is 0 Å². The Hall–Kier alpha value is -1.75. The fourth-order valence-electron chi connectivity index (χ4n) is 1.97. The minimum absolute atomic E-state index is 0.0892. The summed E-state index contributed by atoms with van der Waals surface area (Å²) in [6.45, 7) is 4.71. The number of benzene rings is 1. The van der Waals surface area contributed by atoms with Crippen LogP contribution in [0, 0.1) is 0 Å². The molecule has 19 heavy (non-hydrogen) atoms. The Kier molecular flexibility index (Phi) is 5.03. The Morgan fingerprint density at radius 1 is 1.37 bits per heavy atom. The number of amides is 1. The van der Waals surface area contributed by atoms with E-state index in [1.54, 1.807) is 4.90 Å². The average Bonchev–Trinajstić information content (AvgIpc) is 2.47. The SMILES string of the molecule is CCOc1ccccc1OCC1CN(C=O)CCO1. The van der Waals surface area contributed by atoms with Gasteiger partial charge in [0.05, 0.1) is 19.8 Å². The summed E-state index contributed by atoms with van der Waals surface area (Å²) in [7, 11) is 0. The third kappa shape index (κ3) is 3.86. The number of carbonyl (C=O) groups is 1. The first-order valence-electron chi connectivity index (χ1n) is 6.49. The van der Waals surface area contributed by atoms with Gasteiger partial charge in [-0.25, -0.2) is 0 Å². The molecule has 1 saturated heterocycles. The van der Waals surface area contributed by atoms with Crippen LogP contribution < -0.4 is 9.47 Å². The summed E-state index contributed by atoms with van der Waals surface area (Å²) >= 11 is 0. The van der Waals surface area contributed by atoms with E-state index in [9.17, 15) is 4.79 Å². The molecule has 0 radical (unpaired) electrons. The first-order chi connectivity index (χ1) is 9.33. The Morgan fingerprint density at radius 3 is 2.79 bits per heavy atom. The molecule has 5 heteroatoms. The highest BCUT2D eigenvalue weighted by molar-refractivity contribution is 5.47. The monoisotopic (exact) mass is 265 g/mol. The van der Waals surface area contributed by atoms with Crippen LogP contribution in [0.3, 0.4) is 0 Å². The van der Waals surface area contributed by atoms with Crippen LogP contribution in [0.5, 0.6) is 11.5 Å². The van der Waals surface area contributed by atoms with Crippen molar-refractivity contribution in [3.05, 3.63) is 24.3 Å². The molecular weight excluding hydrogens is 246 g/mol. The van der Waals surface area contributed by atoms with Crippen molar-refractivity contribution >= 4 is 6.41 Å². The van der Waals surface area contributed by atoms with Crippen LogP contribution in [0.25, 0.3) is 0 Å². The number of para-hydroxylation sites is 2. The standard InChI is InChI=1S/C14H19NO4/c1-2-17-13-5-3-4-6-14(13)19-10-12-9-15(11-16)7-8-18-12/h3-6,11-12H,2,7-10H2,1H3. The molecule has 0 N–H and O–H groups in total. The molecule has 0 aromatic heterocycles. The maximum atomic E-state index is 10.7. The fourth-order valence-corrected chi connectivity index (χ4v) is 1.97. The van der Waals surface area contributed by atoms with Gasteiger partial charge in [0.15, 0.2) is 11.5 Å². The van der Waals surface area contributed by atoms with Gasteiger partial charge in [-0.15, -0.1) is 0 Å². The zero-order valence-corrected chi connectivity index (χ0v) is 11.1. The summed E-state index contributed by atoms with van der Waals surface area (Å²) in [5, 5.41) is 0. The number of nitrogens with zero attached hydrogens (tertiary/aromatic N) is 1. The van der Waals surface area contributed by atoms with E-state index in [2.05, 4.69) is 0 Å². The predicted molar refractivity (Wildman–Crippen MR) is 70.5 cm³/mol. The van der Waals surface area contributed by atoms with Crippen LogP contribution in [0.4, 0.5) is 0 Å². The van der Waals surface area contributed by atoms with Gasteiger partial charge < -0.3 is 19.1 Å². The van der Waals surface area contributed by atoms with Crippen molar-refractivity contribution in [2.45, 2.75) is 13.0 Å². The third-order valence-corrected chi connectivity index (χ3v) is 2.89. The second-order valence-corrected chi connectivity index (χ2v) is 4.28. The summed E-state index contributed by atoms with van der Waals surface area (Å²) in [5.41, 5.74) is 0. The van der Waals surface area contributed by atoms with Gasteiger partial charge in [0.25, 0.3) is 0 Å². The van der Waals surface area contributed by atoms with Crippen molar-refractivity contribution in [2.24, 2.45) is 0 Å². The average molecular weight is 265 g/mol. The van der Waals surface area contributed by atoms with Crippen molar-refractivity contribution in [3.63, 3.8) is 0 Å². The van der Waals surface area contributed by atoms with Gasteiger partial charge in [-0.3, -0.25) is 4.79 Å². The van der Waals surface area contributed by atoms with Gasteiger partial charge in [-0.05, 0) is 19.1 Å². The van der Waals surface area contributed by atoms with E-state index >= 15 is 0 Å². The molecule has 1 aliphatic rings. The van der Waals surface area contributed by atoms with E-state index in [-0.39, 0.29) is 6.10 Å². The Bertz CT molecular complexity index is 410. The number of rotatable bonds is 6. The molecule has 1 atom stereocenters. The molecule has 0 saturated carbocycles. The molecule has 1 fully saturated rings. The number of hydrogen-bond acceptors (Lipinski definition) is 4. The van der Waals surface area contributed by atoms with Gasteiger partial charge in [-0.2, -0.15) is 0 Å². The fraction of sp³-hybridized carbons (Fsp3) is 0.500.